The van der Waals surface area contributed by atoms with Crippen molar-refractivity contribution in [2.45, 2.75) is 25.5 Å². The third-order valence-electron chi connectivity index (χ3n) is 3.80. The van der Waals surface area contributed by atoms with Crippen LogP contribution in [-0.4, -0.2) is 48.1 Å². The van der Waals surface area contributed by atoms with Crippen molar-refractivity contribution in [1.82, 2.24) is 0 Å². The summed E-state index contributed by atoms with van der Waals surface area (Å²) in [4.78, 5) is 24.3. The number of rotatable bonds is 10. The molecule has 0 saturated heterocycles. The minimum Gasteiger partial charge on any atom is -0.458 e. The van der Waals surface area contributed by atoms with E-state index in [-0.39, 0.29) is 18.8 Å². The molecule has 0 spiro atoms. The van der Waals surface area contributed by atoms with Crippen LogP contribution in [0.1, 0.15) is 23.7 Å². The minimum absolute atomic E-state index is 0.0872. The molecule has 0 aromatic heterocycles. The van der Waals surface area contributed by atoms with Crippen molar-refractivity contribution in [3.05, 3.63) is 60.2 Å². The first-order valence-corrected chi connectivity index (χ1v) is 9.47. The Bertz CT molecular complexity index is 797. The fourth-order valence-corrected chi connectivity index (χ4v) is 2.56. The molecule has 0 fully saturated rings. The van der Waals surface area contributed by atoms with Gasteiger partial charge in [-0.15, -0.1) is 0 Å². The Morgan fingerprint density at radius 1 is 1.11 bits per heavy atom. The van der Waals surface area contributed by atoms with E-state index < -0.39 is 18.0 Å². The molecule has 1 unspecified atom stereocenters. The van der Waals surface area contributed by atoms with Crippen molar-refractivity contribution >= 4 is 33.0 Å². The molecule has 5 nitrogen and oxygen atoms in total. The minimum atomic E-state index is -0.700. The fraction of sp³-hybridized carbons (Fsp3) is 0.333. The molecule has 6 heteroatoms. The second-order valence-corrected chi connectivity index (χ2v) is 6.61. The van der Waals surface area contributed by atoms with Crippen LogP contribution in [0.15, 0.2) is 54.6 Å². The van der Waals surface area contributed by atoms with E-state index in [4.69, 9.17) is 14.2 Å². The number of carbonyl (C=O) groups excluding carboxylic acids is 2. The van der Waals surface area contributed by atoms with E-state index in [1.165, 1.54) is 0 Å². The number of ether oxygens (including phenoxy) is 3. The van der Waals surface area contributed by atoms with Crippen molar-refractivity contribution in [3.63, 3.8) is 0 Å². The van der Waals surface area contributed by atoms with Gasteiger partial charge in [0.25, 0.3) is 0 Å². The van der Waals surface area contributed by atoms with Crippen LogP contribution in [0.2, 0.25) is 6.04 Å². The molecule has 1 atom stereocenters. The standard InChI is InChI=1S/C21H23O5Si/c1-15(2)20(22)25-14-17(13-24-11-6-12-27)26-21(23)19-10-5-8-16-7-3-4-9-18(16)19/h3-5,7-10,17H,1,6,11-14H2,2H3. The van der Waals surface area contributed by atoms with Crippen molar-refractivity contribution in [2.75, 3.05) is 19.8 Å². The molecule has 0 amide bonds. The molecule has 0 aliphatic carbocycles. The molecule has 2 aromatic rings. The lowest BCUT2D eigenvalue weighted by Gasteiger charge is -2.19. The van der Waals surface area contributed by atoms with Gasteiger partial charge < -0.3 is 14.2 Å². The van der Waals surface area contributed by atoms with Crippen LogP contribution in [0.4, 0.5) is 0 Å². The van der Waals surface area contributed by atoms with E-state index >= 15 is 0 Å². The lowest BCUT2D eigenvalue weighted by Crippen LogP contribution is -2.30. The van der Waals surface area contributed by atoms with Gasteiger partial charge in [-0.2, -0.15) is 0 Å². The Morgan fingerprint density at radius 3 is 2.59 bits per heavy atom. The first-order chi connectivity index (χ1) is 13.0. The Morgan fingerprint density at radius 2 is 1.85 bits per heavy atom. The lowest BCUT2D eigenvalue weighted by atomic mass is 10.0. The van der Waals surface area contributed by atoms with Gasteiger partial charge in [0.2, 0.25) is 0 Å². The highest BCUT2D eigenvalue weighted by atomic mass is 28.1. The van der Waals surface area contributed by atoms with E-state index in [1.54, 1.807) is 19.1 Å². The second-order valence-electron chi connectivity index (χ2n) is 6.11. The summed E-state index contributed by atoms with van der Waals surface area (Å²) in [5.41, 5.74) is 0.749. The zero-order valence-corrected chi connectivity index (χ0v) is 16.4. The van der Waals surface area contributed by atoms with Crippen LogP contribution in [-0.2, 0) is 19.0 Å². The molecule has 0 N–H and O–H groups in total. The summed E-state index contributed by atoms with van der Waals surface area (Å²) in [6, 6.07) is 13.8. The molecule has 0 aliphatic rings. The smallest absolute Gasteiger partial charge is 0.339 e. The third-order valence-corrected chi connectivity index (χ3v) is 4.15. The van der Waals surface area contributed by atoms with Crippen LogP contribution in [0.25, 0.3) is 10.8 Å². The van der Waals surface area contributed by atoms with Gasteiger partial charge in [0, 0.05) is 22.4 Å². The Labute approximate surface area is 162 Å². The maximum absolute atomic E-state index is 12.7. The maximum Gasteiger partial charge on any atom is 0.339 e. The average Bonchev–Trinajstić information content (AvgIpc) is 2.68. The molecule has 141 valence electrons. The summed E-state index contributed by atoms with van der Waals surface area (Å²) in [6.45, 7) is 5.68. The van der Waals surface area contributed by atoms with Crippen molar-refractivity contribution in [3.8, 4) is 0 Å². The zero-order chi connectivity index (χ0) is 19.6. The quantitative estimate of drug-likeness (QED) is 0.272. The molecule has 0 aliphatic heterocycles. The van der Waals surface area contributed by atoms with Gasteiger partial charge in [0.05, 0.1) is 12.2 Å². The van der Waals surface area contributed by atoms with Gasteiger partial charge >= 0.3 is 11.9 Å². The summed E-state index contributed by atoms with van der Waals surface area (Å²) >= 11 is 0. The summed E-state index contributed by atoms with van der Waals surface area (Å²) in [5.74, 6) is -1.01. The summed E-state index contributed by atoms with van der Waals surface area (Å²) in [5, 5.41) is 1.76. The van der Waals surface area contributed by atoms with Gasteiger partial charge in [-0.3, -0.25) is 0 Å². The number of carbonyl (C=O) groups is 2. The molecule has 3 radical (unpaired) electrons. The molecule has 0 bridgehead atoms. The van der Waals surface area contributed by atoms with Crippen LogP contribution in [0, 0.1) is 0 Å². The first-order valence-electron chi connectivity index (χ1n) is 8.76. The number of hydrogen-bond acceptors (Lipinski definition) is 5. The highest BCUT2D eigenvalue weighted by Gasteiger charge is 2.20. The van der Waals surface area contributed by atoms with Crippen molar-refractivity contribution in [1.29, 1.82) is 0 Å². The molecule has 0 heterocycles. The SMILES string of the molecule is C=C(C)C(=O)OCC(COCCC[Si])OC(=O)c1cccc2ccccc12. The van der Waals surface area contributed by atoms with Gasteiger partial charge in [-0.25, -0.2) is 9.59 Å². The molecular formula is C21H23O5Si. The second kappa shape index (κ2) is 10.6. The molecule has 0 saturated carbocycles. The van der Waals surface area contributed by atoms with Gasteiger partial charge in [0.15, 0.2) is 6.10 Å². The van der Waals surface area contributed by atoms with Gasteiger partial charge in [-0.1, -0.05) is 49.0 Å². The van der Waals surface area contributed by atoms with Crippen molar-refractivity contribution in [2.24, 2.45) is 0 Å². The molecular weight excluding hydrogens is 360 g/mol. The summed E-state index contributed by atoms with van der Waals surface area (Å²) in [7, 11) is 3.38. The Kier molecular flexibility index (Phi) is 8.23. The van der Waals surface area contributed by atoms with Crippen LogP contribution in [0.5, 0.6) is 0 Å². The molecule has 2 rings (SSSR count). The fourth-order valence-electron chi connectivity index (χ4n) is 2.42. The van der Waals surface area contributed by atoms with Crippen molar-refractivity contribution < 1.29 is 23.8 Å². The average molecular weight is 383 g/mol. The van der Waals surface area contributed by atoms with Gasteiger partial charge in [0.1, 0.15) is 6.61 Å². The highest BCUT2D eigenvalue weighted by Crippen LogP contribution is 2.20. The van der Waals surface area contributed by atoms with E-state index in [1.807, 2.05) is 30.3 Å². The summed E-state index contributed by atoms with van der Waals surface area (Å²) < 4.78 is 16.2. The van der Waals surface area contributed by atoms with E-state index in [9.17, 15) is 9.59 Å². The predicted molar refractivity (Wildman–Crippen MR) is 105 cm³/mol. The zero-order valence-electron chi connectivity index (χ0n) is 15.4. The van der Waals surface area contributed by atoms with E-state index in [2.05, 4.69) is 16.8 Å². The normalized spacial score (nSPS) is 11.8. The summed E-state index contributed by atoms with van der Waals surface area (Å²) in [6.07, 6.45) is 0.126. The Balaban J connectivity index is 2.08. The van der Waals surface area contributed by atoms with Crippen LogP contribution >= 0.6 is 0 Å². The highest BCUT2D eigenvalue weighted by molar-refractivity contribution is 6.08. The van der Waals surface area contributed by atoms with Gasteiger partial charge in [-0.05, 0) is 30.2 Å². The number of fused-ring (bicyclic) bond motifs is 1. The van der Waals surface area contributed by atoms with Crippen LogP contribution < -0.4 is 0 Å². The number of benzene rings is 2. The molecule has 2 aromatic carbocycles. The largest absolute Gasteiger partial charge is 0.458 e. The Hall–Kier alpha value is -2.44. The first kappa shape index (κ1) is 20.9. The predicted octanol–water partition coefficient (Wildman–Crippen LogP) is 3.48. The lowest BCUT2D eigenvalue weighted by molar-refractivity contribution is -0.143. The number of esters is 2. The third kappa shape index (κ3) is 6.34. The van der Waals surface area contributed by atoms with E-state index in [0.29, 0.717) is 12.2 Å². The monoisotopic (exact) mass is 383 g/mol. The topological polar surface area (TPSA) is 61.8 Å². The maximum atomic E-state index is 12.7. The number of hydrogen-bond donors (Lipinski definition) is 0. The van der Waals surface area contributed by atoms with E-state index in [0.717, 1.165) is 23.2 Å². The molecule has 27 heavy (non-hydrogen) atoms. The van der Waals surface area contributed by atoms with Crippen LogP contribution in [0.3, 0.4) is 0 Å².